The Balaban J connectivity index is 1.78. The van der Waals surface area contributed by atoms with Crippen LogP contribution in [0.25, 0.3) is 11.0 Å². The van der Waals surface area contributed by atoms with E-state index in [1.165, 1.54) is 18.4 Å². The summed E-state index contributed by atoms with van der Waals surface area (Å²) in [4.78, 5) is 2.38. The second-order valence-electron chi connectivity index (χ2n) is 5.13. The van der Waals surface area contributed by atoms with Gasteiger partial charge in [-0.1, -0.05) is 0 Å². The molecule has 2 N–H and O–H groups in total. The van der Waals surface area contributed by atoms with Crippen LogP contribution >= 0.6 is 11.3 Å². The van der Waals surface area contributed by atoms with E-state index in [2.05, 4.69) is 32.0 Å². The standard InChI is InChI=1S/C14H14N4OS/c15-11-3-4-12(14-13(11)16-19-17-14)18(10-1-2-10)7-9-5-6-20-8-9/h3-6,8,10H,1-2,7,15H2. The molecule has 1 fully saturated rings. The Bertz CT molecular complexity index is 733. The monoisotopic (exact) mass is 286 g/mol. The third-order valence-electron chi connectivity index (χ3n) is 3.66. The molecule has 0 bridgehead atoms. The van der Waals surface area contributed by atoms with E-state index in [-0.39, 0.29) is 0 Å². The van der Waals surface area contributed by atoms with Gasteiger partial charge in [-0.15, -0.1) is 0 Å². The van der Waals surface area contributed by atoms with Crippen LogP contribution in [0.15, 0.2) is 33.6 Å². The van der Waals surface area contributed by atoms with Crippen molar-refractivity contribution in [3.05, 3.63) is 34.5 Å². The maximum absolute atomic E-state index is 5.92. The summed E-state index contributed by atoms with van der Waals surface area (Å²) in [7, 11) is 0. The summed E-state index contributed by atoms with van der Waals surface area (Å²) in [6, 6.07) is 6.64. The van der Waals surface area contributed by atoms with Gasteiger partial charge in [-0.3, -0.25) is 0 Å². The van der Waals surface area contributed by atoms with Gasteiger partial charge in [-0.25, -0.2) is 4.63 Å². The van der Waals surface area contributed by atoms with Crippen LogP contribution in [0.1, 0.15) is 18.4 Å². The Morgan fingerprint density at radius 3 is 2.85 bits per heavy atom. The van der Waals surface area contributed by atoms with Gasteiger partial charge >= 0.3 is 0 Å². The number of thiophene rings is 1. The Hall–Kier alpha value is -2.08. The molecule has 1 saturated carbocycles. The summed E-state index contributed by atoms with van der Waals surface area (Å²) in [5.41, 5.74) is 10.3. The van der Waals surface area contributed by atoms with Crippen molar-refractivity contribution in [3.63, 3.8) is 0 Å². The fraction of sp³-hybridized carbons (Fsp3) is 0.286. The molecule has 0 aliphatic heterocycles. The predicted molar refractivity (Wildman–Crippen MR) is 79.7 cm³/mol. The lowest BCUT2D eigenvalue weighted by atomic mass is 10.2. The second kappa shape index (κ2) is 4.49. The lowest BCUT2D eigenvalue weighted by Crippen LogP contribution is -2.25. The number of nitrogens with zero attached hydrogens (tertiary/aromatic N) is 3. The van der Waals surface area contributed by atoms with Gasteiger partial charge in [0, 0.05) is 12.6 Å². The van der Waals surface area contributed by atoms with Crippen molar-refractivity contribution < 1.29 is 4.63 Å². The van der Waals surface area contributed by atoms with Gasteiger partial charge in [0.2, 0.25) is 0 Å². The van der Waals surface area contributed by atoms with Crippen LogP contribution in [-0.2, 0) is 6.54 Å². The zero-order valence-corrected chi connectivity index (χ0v) is 11.6. The molecule has 4 rings (SSSR count). The number of aromatic nitrogens is 2. The topological polar surface area (TPSA) is 68.2 Å². The number of anilines is 2. The van der Waals surface area contributed by atoms with Gasteiger partial charge in [0.1, 0.15) is 0 Å². The van der Waals surface area contributed by atoms with E-state index >= 15 is 0 Å². The molecule has 1 aliphatic carbocycles. The third kappa shape index (κ3) is 1.92. The first-order chi connectivity index (χ1) is 9.83. The van der Waals surface area contributed by atoms with E-state index in [4.69, 9.17) is 10.4 Å². The molecule has 20 heavy (non-hydrogen) atoms. The Kier molecular flexibility index (Phi) is 2.63. The smallest absolute Gasteiger partial charge is 0.160 e. The van der Waals surface area contributed by atoms with Gasteiger partial charge in [-0.05, 0) is 57.7 Å². The molecule has 0 saturated heterocycles. The van der Waals surface area contributed by atoms with Crippen molar-refractivity contribution in [3.8, 4) is 0 Å². The number of nitrogen functional groups attached to an aromatic ring is 1. The van der Waals surface area contributed by atoms with Gasteiger partial charge in [0.05, 0.1) is 11.4 Å². The number of benzene rings is 1. The maximum atomic E-state index is 5.92. The van der Waals surface area contributed by atoms with Gasteiger partial charge in [0.15, 0.2) is 11.0 Å². The summed E-state index contributed by atoms with van der Waals surface area (Å²) in [5, 5.41) is 12.2. The largest absolute Gasteiger partial charge is 0.397 e. The fourth-order valence-corrected chi connectivity index (χ4v) is 3.14. The lowest BCUT2D eigenvalue weighted by Gasteiger charge is -2.24. The minimum atomic E-state index is 0.582. The first-order valence-corrected chi connectivity index (χ1v) is 7.55. The first kappa shape index (κ1) is 11.7. The van der Waals surface area contributed by atoms with Crippen LogP contribution in [0.4, 0.5) is 11.4 Å². The molecule has 102 valence electrons. The average Bonchev–Trinajstić information content (AvgIpc) is 2.96. The number of hydrogen-bond acceptors (Lipinski definition) is 6. The Morgan fingerprint density at radius 1 is 1.25 bits per heavy atom. The van der Waals surface area contributed by atoms with Crippen molar-refractivity contribution >= 4 is 33.7 Å². The van der Waals surface area contributed by atoms with Gasteiger partial charge in [0.25, 0.3) is 0 Å². The molecule has 6 heteroatoms. The summed E-state index contributed by atoms with van der Waals surface area (Å²) in [5.74, 6) is 0. The Morgan fingerprint density at radius 2 is 2.10 bits per heavy atom. The molecular weight excluding hydrogens is 272 g/mol. The van der Waals surface area contributed by atoms with E-state index in [1.807, 2.05) is 12.1 Å². The van der Waals surface area contributed by atoms with Crippen molar-refractivity contribution in [2.24, 2.45) is 0 Å². The highest BCUT2D eigenvalue weighted by molar-refractivity contribution is 7.07. The van der Waals surface area contributed by atoms with E-state index in [0.29, 0.717) is 17.2 Å². The molecule has 0 amide bonds. The molecule has 3 aromatic rings. The number of hydrogen-bond donors (Lipinski definition) is 1. The molecule has 5 nitrogen and oxygen atoms in total. The molecule has 1 aromatic carbocycles. The summed E-state index contributed by atoms with van der Waals surface area (Å²) in [6.07, 6.45) is 2.45. The Labute approximate surface area is 120 Å². The van der Waals surface area contributed by atoms with Crippen LogP contribution in [0.2, 0.25) is 0 Å². The highest BCUT2D eigenvalue weighted by Gasteiger charge is 2.31. The predicted octanol–water partition coefficient (Wildman–Crippen LogP) is 3.04. The number of nitrogens with two attached hydrogens (primary N) is 1. The highest BCUT2D eigenvalue weighted by atomic mass is 32.1. The number of fused-ring (bicyclic) bond motifs is 1. The van der Waals surface area contributed by atoms with Crippen molar-refractivity contribution in [2.45, 2.75) is 25.4 Å². The quantitative estimate of drug-likeness (QED) is 0.747. The second-order valence-corrected chi connectivity index (χ2v) is 5.91. The normalized spacial score (nSPS) is 14.8. The van der Waals surface area contributed by atoms with E-state index in [1.54, 1.807) is 11.3 Å². The fourth-order valence-electron chi connectivity index (χ4n) is 2.48. The van der Waals surface area contributed by atoms with Gasteiger partial charge in [-0.2, -0.15) is 11.3 Å². The molecule has 2 aromatic heterocycles. The SMILES string of the molecule is Nc1ccc(N(Cc2ccsc2)C2CC2)c2nonc12. The molecule has 0 unspecified atom stereocenters. The van der Waals surface area contributed by atoms with Crippen molar-refractivity contribution in [1.29, 1.82) is 0 Å². The molecule has 0 spiro atoms. The van der Waals surface area contributed by atoms with Gasteiger partial charge < -0.3 is 10.6 Å². The van der Waals surface area contributed by atoms with Crippen LogP contribution in [0.3, 0.4) is 0 Å². The molecular formula is C14H14N4OS. The average molecular weight is 286 g/mol. The van der Waals surface area contributed by atoms with Crippen molar-refractivity contribution in [1.82, 2.24) is 10.3 Å². The molecule has 0 radical (unpaired) electrons. The van der Waals surface area contributed by atoms with Crippen LogP contribution in [-0.4, -0.2) is 16.4 Å². The third-order valence-corrected chi connectivity index (χ3v) is 4.39. The summed E-state index contributed by atoms with van der Waals surface area (Å²) in [6.45, 7) is 0.889. The summed E-state index contributed by atoms with van der Waals surface area (Å²) < 4.78 is 4.87. The van der Waals surface area contributed by atoms with E-state index < -0.39 is 0 Å². The van der Waals surface area contributed by atoms with Crippen LogP contribution in [0.5, 0.6) is 0 Å². The lowest BCUT2D eigenvalue weighted by molar-refractivity contribution is 0.315. The first-order valence-electron chi connectivity index (χ1n) is 6.61. The molecule has 2 heterocycles. The van der Waals surface area contributed by atoms with Crippen LogP contribution in [0, 0.1) is 0 Å². The van der Waals surface area contributed by atoms with Crippen molar-refractivity contribution in [2.75, 3.05) is 10.6 Å². The molecule has 1 aliphatic rings. The summed E-state index contributed by atoms with van der Waals surface area (Å²) >= 11 is 1.72. The van der Waals surface area contributed by atoms with E-state index in [9.17, 15) is 0 Å². The maximum Gasteiger partial charge on any atom is 0.160 e. The minimum Gasteiger partial charge on any atom is -0.397 e. The highest BCUT2D eigenvalue weighted by Crippen LogP contribution is 2.37. The zero-order valence-electron chi connectivity index (χ0n) is 10.8. The van der Waals surface area contributed by atoms with Crippen LogP contribution < -0.4 is 10.6 Å². The molecule has 0 atom stereocenters. The number of rotatable bonds is 4. The minimum absolute atomic E-state index is 0.582. The van der Waals surface area contributed by atoms with E-state index in [0.717, 1.165) is 17.7 Å². The zero-order chi connectivity index (χ0) is 13.5.